The minimum atomic E-state index is -3.22. The number of halogens is 4. The molecule has 0 spiro atoms. The molecule has 0 rings (SSSR count). The molecule has 0 amide bonds. The summed E-state index contributed by atoms with van der Waals surface area (Å²) in [6.07, 6.45) is -5.81. The fourth-order valence-corrected chi connectivity index (χ4v) is 0.513. The lowest BCUT2D eigenvalue weighted by atomic mass is 10.3. The summed E-state index contributed by atoms with van der Waals surface area (Å²) in [6, 6.07) is 0. The standard InChI is InChI=1S/C4H4ClF3OS/c5-3(9)2(10)1(6)4(7)8/h1-2,4,10H. The first kappa shape index (κ1) is 10.1. The zero-order valence-corrected chi connectivity index (χ0v) is 6.25. The number of thiol groups is 1. The van der Waals surface area contributed by atoms with Gasteiger partial charge in [0.15, 0.2) is 6.17 Å². The number of rotatable bonds is 3. The lowest BCUT2D eigenvalue weighted by Gasteiger charge is -2.09. The van der Waals surface area contributed by atoms with Crippen LogP contribution in [-0.2, 0) is 4.79 Å². The van der Waals surface area contributed by atoms with Crippen molar-refractivity contribution >= 4 is 29.5 Å². The molecule has 10 heavy (non-hydrogen) atoms. The van der Waals surface area contributed by atoms with Crippen LogP contribution in [-0.4, -0.2) is 23.1 Å². The van der Waals surface area contributed by atoms with Crippen molar-refractivity contribution in [3.8, 4) is 0 Å². The molecule has 0 aromatic rings. The third-order valence-corrected chi connectivity index (χ3v) is 1.68. The molecule has 2 unspecified atom stereocenters. The van der Waals surface area contributed by atoms with Gasteiger partial charge < -0.3 is 0 Å². The van der Waals surface area contributed by atoms with Gasteiger partial charge in [0.05, 0.1) is 0 Å². The van der Waals surface area contributed by atoms with Crippen molar-refractivity contribution in [1.82, 2.24) is 0 Å². The van der Waals surface area contributed by atoms with Crippen molar-refractivity contribution in [2.45, 2.75) is 17.8 Å². The summed E-state index contributed by atoms with van der Waals surface area (Å²) in [5.74, 6) is 0. The summed E-state index contributed by atoms with van der Waals surface area (Å²) in [5, 5.41) is -2.95. The lowest BCUT2D eigenvalue weighted by Crippen LogP contribution is -2.28. The van der Waals surface area contributed by atoms with E-state index in [0.717, 1.165) is 0 Å². The molecule has 2 atom stereocenters. The normalized spacial score (nSPS) is 17.0. The Morgan fingerprint density at radius 1 is 1.40 bits per heavy atom. The Morgan fingerprint density at radius 3 is 1.90 bits per heavy atom. The summed E-state index contributed by atoms with van der Waals surface area (Å²) < 4.78 is 34.8. The van der Waals surface area contributed by atoms with E-state index in [0.29, 0.717) is 0 Å². The van der Waals surface area contributed by atoms with Gasteiger partial charge in [0, 0.05) is 0 Å². The largest absolute Gasteiger partial charge is 0.280 e. The predicted molar refractivity (Wildman–Crippen MR) is 34.5 cm³/mol. The number of hydrogen-bond donors (Lipinski definition) is 1. The van der Waals surface area contributed by atoms with E-state index in [2.05, 4.69) is 24.2 Å². The van der Waals surface area contributed by atoms with Crippen molar-refractivity contribution < 1.29 is 18.0 Å². The van der Waals surface area contributed by atoms with Gasteiger partial charge >= 0.3 is 0 Å². The Labute approximate surface area is 66.0 Å². The summed E-state index contributed by atoms with van der Waals surface area (Å²) in [4.78, 5) is 10.0. The minimum absolute atomic E-state index is 1.21. The Bertz CT molecular complexity index is 132. The molecule has 0 bridgehead atoms. The highest BCUT2D eigenvalue weighted by Gasteiger charge is 2.31. The topological polar surface area (TPSA) is 17.1 Å². The smallest absolute Gasteiger partial charge is 0.270 e. The second-order valence-electron chi connectivity index (χ2n) is 1.53. The van der Waals surface area contributed by atoms with E-state index in [-0.39, 0.29) is 0 Å². The average Bonchev–Trinajstić information content (AvgIpc) is 1.84. The van der Waals surface area contributed by atoms with Gasteiger partial charge in [-0.1, -0.05) is 0 Å². The second kappa shape index (κ2) is 4.08. The van der Waals surface area contributed by atoms with E-state index in [1.807, 2.05) is 0 Å². The quantitative estimate of drug-likeness (QED) is 0.532. The maximum Gasteiger partial charge on any atom is 0.270 e. The van der Waals surface area contributed by atoms with Gasteiger partial charge in [0.25, 0.3) is 6.43 Å². The third-order valence-electron chi connectivity index (χ3n) is 0.775. The third kappa shape index (κ3) is 2.79. The van der Waals surface area contributed by atoms with E-state index in [1.165, 1.54) is 0 Å². The van der Waals surface area contributed by atoms with Crippen LogP contribution in [0.2, 0.25) is 0 Å². The lowest BCUT2D eigenvalue weighted by molar-refractivity contribution is -0.113. The van der Waals surface area contributed by atoms with Crippen LogP contribution in [0.1, 0.15) is 0 Å². The van der Waals surface area contributed by atoms with Crippen LogP contribution < -0.4 is 0 Å². The Kier molecular flexibility index (Phi) is 4.12. The second-order valence-corrected chi connectivity index (χ2v) is 2.46. The van der Waals surface area contributed by atoms with Gasteiger partial charge in [0.1, 0.15) is 5.25 Å². The van der Waals surface area contributed by atoms with Gasteiger partial charge in [-0.25, -0.2) is 13.2 Å². The molecular formula is C4H4ClF3OS. The first-order chi connectivity index (χ1) is 4.46. The fraction of sp³-hybridized carbons (Fsp3) is 0.750. The van der Waals surface area contributed by atoms with E-state index in [1.54, 1.807) is 0 Å². The molecule has 0 aliphatic rings. The molecule has 0 aliphatic heterocycles. The van der Waals surface area contributed by atoms with Crippen LogP contribution in [0, 0.1) is 0 Å². The van der Waals surface area contributed by atoms with Crippen LogP contribution in [0.3, 0.4) is 0 Å². The van der Waals surface area contributed by atoms with Crippen LogP contribution >= 0.6 is 24.2 Å². The highest BCUT2D eigenvalue weighted by molar-refractivity contribution is 7.82. The van der Waals surface area contributed by atoms with Gasteiger partial charge in [-0.05, 0) is 11.6 Å². The molecular weight excluding hydrogens is 189 g/mol. The van der Waals surface area contributed by atoms with Crippen LogP contribution in [0.15, 0.2) is 0 Å². The Hall–Kier alpha value is 0.1000. The highest BCUT2D eigenvalue weighted by atomic mass is 35.5. The molecule has 0 aromatic carbocycles. The fourth-order valence-electron chi connectivity index (χ4n) is 0.263. The Balaban J connectivity index is 3.94. The monoisotopic (exact) mass is 192 g/mol. The minimum Gasteiger partial charge on any atom is -0.280 e. The number of hydrogen-bond acceptors (Lipinski definition) is 2. The first-order valence-corrected chi connectivity index (χ1v) is 3.16. The molecule has 0 N–H and O–H groups in total. The maximum atomic E-state index is 12.0. The molecule has 0 heterocycles. The average molecular weight is 193 g/mol. The Morgan fingerprint density at radius 2 is 1.80 bits per heavy atom. The summed E-state index contributed by atoms with van der Waals surface area (Å²) >= 11 is 7.90. The SMILES string of the molecule is O=C(Cl)C(S)C(F)C(F)F. The highest BCUT2D eigenvalue weighted by Crippen LogP contribution is 2.16. The van der Waals surface area contributed by atoms with Crippen molar-refractivity contribution in [3.63, 3.8) is 0 Å². The predicted octanol–water partition coefficient (Wildman–Crippen LogP) is 1.65. The molecule has 0 saturated carbocycles. The van der Waals surface area contributed by atoms with E-state index < -0.39 is 23.1 Å². The molecule has 1 nitrogen and oxygen atoms in total. The van der Waals surface area contributed by atoms with E-state index in [4.69, 9.17) is 0 Å². The number of carbonyl (C=O) groups is 1. The summed E-state index contributed by atoms with van der Waals surface area (Å²) in [5.41, 5.74) is 0. The van der Waals surface area contributed by atoms with Crippen LogP contribution in [0.4, 0.5) is 13.2 Å². The molecule has 0 aromatic heterocycles. The number of alkyl halides is 3. The van der Waals surface area contributed by atoms with Gasteiger partial charge in [-0.3, -0.25) is 4.79 Å². The van der Waals surface area contributed by atoms with Crippen molar-refractivity contribution in [2.75, 3.05) is 0 Å². The maximum absolute atomic E-state index is 12.0. The molecule has 0 saturated heterocycles. The van der Waals surface area contributed by atoms with E-state index >= 15 is 0 Å². The first-order valence-electron chi connectivity index (χ1n) is 2.26. The zero-order valence-electron chi connectivity index (χ0n) is 4.60. The summed E-state index contributed by atoms with van der Waals surface area (Å²) in [6.45, 7) is 0. The molecule has 0 aliphatic carbocycles. The van der Waals surface area contributed by atoms with Crippen LogP contribution in [0.25, 0.3) is 0 Å². The summed E-state index contributed by atoms with van der Waals surface area (Å²) in [7, 11) is 0. The molecule has 0 fully saturated rings. The van der Waals surface area contributed by atoms with Crippen molar-refractivity contribution in [1.29, 1.82) is 0 Å². The zero-order chi connectivity index (χ0) is 8.31. The van der Waals surface area contributed by atoms with Crippen LogP contribution in [0.5, 0.6) is 0 Å². The molecule has 60 valence electrons. The number of carbonyl (C=O) groups excluding carboxylic acids is 1. The van der Waals surface area contributed by atoms with Gasteiger partial charge in [-0.15, -0.1) is 0 Å². The van der Waals surface area contributed by atoms with Gasteiger partial charge in [-0.2, -0.15) is 12.6 Å². The van der Waals surface area contributed by atoms with Crippen molar-refractivity contribution in [3.05, 3.63) is 0 Å². The molecule has 6 heteroatoms. The van der Waals surface area contributed by atoms with Gasteiger partial charge in [0.2, 0.25) is 5.24 Å². The molecule has 0 radical (unpaired) electrons. The van der Waals surface area contributed by atoms with Crippen molar-refractivity contribution in [2.24, 2.45) is 0 Å². The van der Waals surface area contributed by atoms with E-state index in [9.17, 15) is 18.0 Å².